The van der Waals surface area contributed by atoms with E-state index >= 15 is 0 Å². The predicted octanol–water partition coefficient (Wildman–Crippen LogP) is 4.19. The number of hydrogen-bond acceptors (Lipinski definition) is 1. The van der Waals surface area contributed by atoms with E-state index in [1.54, 1.807) is 0 Å². The molecule has 0 amide bonds. The highest BCUT2D eigenvalue weighted by atomic mass is 15.3. The molecule has 0 atom stereocenters. The second-order valence-corrected chi connectivity index (χ2v) is 6.21. The summed E-state index contributed by atoms with van der Waals surface area (Å²) in [7, 11) is 0. The molecule has 0 aromatic heterocycles. The van der Waals surface area contributed by atoms with Gasteiger partial charge >= 0.3 is 0 Å². The summed E-state index contributed by atoms with van der Waals surface area (Å²) in [4.78, 5) is 11.2. The summed E-state index contributed by atoms with van der Waals surface area (Å²) in [6.07, 6.45) is 3.02. The minimum atomic E-state index is 0.0398. The molecule has 0 aliphatic heterocycles. The Hall–Kier alpha value is -2.82. The second-order valence-electron chi connectivity index (χ2n) is 6.21. The van der Waals surface area contributed by atoms with Crippen LogP contribution in [0.15, 0.2) is 70.6 Å². The summed E-state index contributed by atoms with van der Waals surface area (Å²) in [5, 5.41) is 0. The lowest BCUT2D eigenvalue weighted by Crippen LogP contribution is -2.34. The Kier molecular flexibility index (Phi) is 11.8. The van der Waals surface area contributed by atoms with Crippen molar-refractivity contribution in [3.05, 3.63) is 71.8 Å². The number of hydrogen-bond donors (Lipinski definition) is 2. The molecular weight excluding hydrogens is 346 g/mol. The Balaban J connectivity index is 0.00000190. The number of guanidine groups is 2. The first kappa shape index (κ1) is 23.2. The smallest absolute Gasteiger partial charge is 0.224 e. The van der Waals surface area contributed by atoms with Crippen LogP contribution < -0.4 is 11.5 Å². The van der Waals surface area contributed by atoms with Crippen molar-refractivity contribution in [2.24, 2.45) is 21.5 Å². The molecule has 0 aliphatic rings. The lowest BCUT2D eigenvalue weighted by molar-refractivity contribution is 0.396. The van der Waals surface area contributed by atoms with Gasteiger partial charge in [0, 0.05) is 19.6 Å². The molecule has 0 heterocycles. The standard InChI is InChI=1S/C21H29N5.C2H6/c1-2-3-16-26(17-19-12-8-5-9-13-19)21(25-20(22)23)24-15-14-18-10-6-4-7-11-18;1-2/h4-13H,2-3,14-17H2,1H3,(H4,22,23,24,25);1-2H3. The van der Waals surface area contributed by atoms with Gasteiger partial charge in [-0.15, -0.1) is 0 Å². The van der Waals surface area contributed by atoms with E-state index in [1.165, 1.54) is 11.1 Å². The fourth-order valence-corrected chi connectivity index (χ4v) is 2.65. The van der Waals surface area contributed by atoms with Crippen molar-refractivity contribution in [3.63, 3.8) is 0 Å². The minimum Gasteiger partial charge on any atom is -0.370 e. The molecule has 152 valence electrons. The average molecular weight is 382 g/mol. The van der Waals surface area contributed by atoms with Gasteiger partial charge in [0.1, 0.15) is 0 Å². The molecular formula is C23H35N5. The van der Waals surface area contributed by atoms with Gasteiger partial charge in [0.2, 0.25) is 5.96 Å². The van der Waals surface area contributed by atoms with Crippen LogP contribution in [0.3, 0.4) is 0 Å². The van der Waals surface area contributed by atoms with Gasteiger partial charge in [-0.3, -0.25) is 4.99 Å². The Bertz CT molecular complexity index is 691. The van der Waals surface area contributed by atoms with Crippen molar-refractivity contribution in [1.29, 1.82) is 0 Å². The van der Waals surface area contributed by atoms with E-state index in [0.29, 0.717) is 12.5 Å². The van der Waals surface area contributed by atoms with E-state index in [2.05, 4.69) is 41.1 Å². The normalized spacial score (nSPS) is 10.6. The van der Waals surface area contributed by atoms with Crippen molar-refractivity contribution in [3.8, 4) is 0 Å². The fraction of sp³-hybridized carbons (Fsp3) is 0.391. The van der Waals surface area contributed by atoms with Gasteiger partial charge < -0.3 is 16.4 Å². The molecule has 28 heavy (non-hydrogen) atoms. The molecule has 0 saturated carbocycles. The van der Waals surface area contributed by atoms with Gasteiger partial charge in [0.25, 0.3) is 0 Å². The van der Waals surface area contributed by atoms with Gasteiger partial charge in [-0.2, -0.15) is 4.99 Å². The Morgan fingerprint density at radius 2 is 1.46 bits per heavy atom. The Morgan fingerprint density at radius 3 is 2.00 bits per heavy atom. The van der Waals surface area contributed by atoms with Crippen LogP contribution in [0.1, 0.15) is 44.7 Å². The number of nitrogens with two attached hydrogens (primary N) is 2. The number of unbranched alkanes of at least 4 members (excludes halogenated alkanes) is 1. The third-order valence-corrected chi connectivity index (χ3v) is 4.01. The van der Waals surface area contributed by atoms with Gasteiger partial charge in [-0.05, 0) is 24.0 Å². The molecule has 2 rings (SSSR count). The van der Waals surface area contributed by atoms with Crippen molar-refractivity contribution < 1.29 is 0 Å². The summed E-state index contributed by atoms with van der Waals surface area (Å²) in [6.45, 7) is 8.43. The summed E-state index contributed by atoms with van der Waals surface area (Å²) >= 11 is 0. The maximum atomic E-state index is 5.66. The van der Waals surface area contributed by atoms with E-state index in [0.717, 1.165) is 32.4 Å². The number of rotatable bonds is 8. The van der Waals surface area contributed by atoms with Crippen LogP contribution in [0.2, 0.25) is 0 Å². The summed E-state index contributed by atoms with van der Waals surface area (Å²) < 4.78 is 0. The first-order valence-corrected chi connectivity index (χ1v) is 10.2. The molecule has 5 nitrogen and oxygen atoms in total. The first-order valence-electron chi connectivity index (χ1n) is 10.2. The minimum absolute atomic E-state index is 0.0398. The van der Waals surface area contributed by atoms with Crippen LogP contribution >= 0.6 is 0 Å². The third kappa shape index (κ3) is 9.21. The van der Waals surface area contributed by atoms with Crippen molar-refractivity contribution in [2.45, 2.75) is 46.6 Å². The zero-order valence-corrected chi connectivity index (χ0v) is 17.5. The molecule has 0 unspecified atom stereocenters. The SMILES string of the molecule is CC.CCCCN(Cc1ccccc1)C(N=C(N)N)=NCCc1ccccc1. The Morgan fingerprint density at radius 1 is 0.893 bits per heavy atom. The maximum Gasteiger partial charge on any atom is 0.224 e. The van der Waals surface area contributed by atoms with E-state index < -0.39 is 0 Å². The van der Waals surface area contributed by atoms with Crippen molar-refractivity contribution >= 4 is 11.9 Å². The van der Waals surface area contributed by atoms with Crippen LogP contribution in [0.25, 0.3) is 0 Å². The predicted molar refractivity (Wildman–Crippen MR) is 121 cm³/mol. The molecule has 0 saturated heterocycles. The zero-order valence-electron chi connectivity index (χ0n) is 17.5. The molecule has 0 spiro atoms. The number of benzene rings is 2. The lowest BCUT2D eigenvalue weighted by atomic mass is 10.1. The van der Waals surface area contributed by atoms with Gasteiger partial charge in [-0.25, -0.2) is 0 Å². The van der Waals surface area contributed by atoms with Gasteiger partial charge in [0.05, 0.1) is 0 Å². The molecule has 0 radical (unpaired) electrons. The molecule has 5 heteroatoms. The van der Waals surface area contributed by atoms with Crippen LogP contribution in [0.4, 0.5) is 0 Å². The highest BCUT2D eigenvalue weighted by Gasteiger charge is 2.11. The van der Waals surface area contributed by atoms with E-state index in [-0.39, 0.29) is 5.96 Å². The summed E-state index contributed by atoms with van der Waals surface area (Å²) in [6, 6.07) is 20.6. The highest BCUT2D eigenvalue weighted by Crippen LogP contribution is 2.09. The first-order chi connectivity index (χ1) is 13.7. The molecule has 0 bridgehead atoms. The van der Waals surface area contributed by atoms with Crippen LogP contribution in [-0.2, 0) is 13.0 Å². The molecule has 0 aliphatic carbocycles. The van der Waals surface area contributed by atoms with Crippen LogP contribution in [-0.4, -0.2) is 29.9 Å². The summed E-state index contributed by atoms with van der Waals surface area (Å²) in [5.41, 5.74) is 13.8. The average Bonchev–Trinajstić information content (AvgIpc) is 2.73. The quantitative estimate of drug-likeness (QED) is 0.531. The van der Waals surface area contributed by atoms with Crippen molar-refractivity contribution in [1.82, 2.24) is 4.90 Å². The molecule has 0 fully saturated rings. The number of aliphatic imine (C=N–C) groups is 2. The lowest BCUT2D eigenvalue weighted by Gasteiger charge is -2.24. The summed E-state index contributed by atoms with van der Waals surface area (Å²) in [5.74, 6) is 0.649. The molecule has 4 N–H and O–H groups in total. The fourth-order valence-electron chi connectivity index (χ4n) is 2.65. The molecule has 2 aromatic carbocycles. The number of nitrogens with zero attached hydrogens (tertiary/aromatic N) is 3. The van der Waals surface area contributed by atoms with Crippen LogP contribution in [0, 0.1) is 0 Å². The Labute approximate surface area is 170 Å². The van der Waals surface area contributed by atoms with E-state index in [1.807, 2.05) is 50.2 Å². The van der Waals surface area contributed by atoms with Gasteiger partial charge in [0.15, 0.2) is 5.96 Å². The monoisotopic (exact) mass is 381 g/mol. The topological polar surface area (TPSA) is 80.0 Å². The second kappa shape index (κ2) is 14.3. The third-order valence-electron chi connectivity index (χ3n) is 4.01. The van der Waals surface area contributed by atoms with Gasteiger partial charge in [-0.1, -0.05) is 87.9 Å². The zero-order chi connectivity index (χ0) is 20.6. The largest absolute Gasteiger partial charge is 0.370 e. The maximum absolute atomic E-state index is 5.66. The van der Waals surface area contributed by atoms with E-state index in [4.69, 9.17) is 16.5 Å². The van der Waals surface area contributed by atoms with Crippen LogP contribution in [0.5, 0.6) is 0 Å². The van der Waals surface area contributed by atoms with Crippen molar-refractivity contribution in [2.75, 3.05) is 13.1 Å². The van der Waals surface area contributed by atoms with E-state index in [9.17, 15) is 0 Å². The highest BCUT2D eigenvalue weighted by molar-refractivity contribution is 5.93. The molecule has 2 aromatic rings.